The number of H-pyrrole nitrogens is 1. The van der Waals surface area contributed by atoms with Crippen molar-refractivity contribution < 1.29 is 38.5 Å². The molecule has 1 fully saturated rings. The average Bonchev–Trinajstić information content (AvgIpc) is 3.70. The fraction of sp³-hybridized carbons (Fsp3) is 0.310. The molecule has 12 heteroatoms. The van der Waals surface area contributed by atoms with E-state index in [-0.39, 0.29) is 24.8 Å². The number of nitrogens with zero attached hydrogens (tertiary/aromatic N) is 1. The van der Waals surface area contributed by atoms with Crippen molar-refractivity contribution in [3.63, 3.8) is 0 Å². The number of hydrogen-bond acceptors (Lipinski definition) is 10. The van der Waals surface area contributed by atoms with Gasteiger partial charge in [0.05, 0.1) is 43.7 Å². The van der Waals surface area contributed by atoms with Gasteiger partial charge in [0.2, 0.25) is 0 Å². The number of methoxy groups -OCH3 is 3. The number of aromatic nitrogens is 1. The number of fused-ring (bicyclic) bond motifs is 8. The molecular formula is C42H46N4O8. The molecule has 3 aliphatic heterocycles. The molecular weight excluding hydrogens is 688 g/mol. The molecule has 282 valence electrons. The predicted molar refractivity (Wildman–Crippen MR) is 206 cm³/mol. The van der Waals surface area contributed by atoms with E-state index in [0.29, 0.717) is 63.0 Å². The molecule has 5 rings (SSSR count). The zero-order valence-electron chi connectivity index (χ0n) is 31.7. The number of aliphatic imine (C=N–C) groups is 1. The highest BCUT2D eigenvalue weighted by Crippen LogP contribution is 2.55. The van der Waals surface area contributed by atoms with Gasteiger partial charge in [0, 0.05) is 46.9 Å². The van der Waals surface area contributed by atoms with Crippen LogP contribution < -0.4 is 11.1 Å². The minimum absolute atomic E-state index is 0.0889. The van der Waals surface area contributed by atoms with Crippen molar-refractivity contribution in [2.24, 2.45) is 22.1 Å². The number of aromatic amines is 1. The molecule has 1 aromatic heterocycles. The Morgan fingerprint density at radius 3 is 2.31 bits per heavy atom. The highest BCUT2D eigenvalue weighted by atomic mass is 16.5. The van der Waals surface area contributed by atoms with Crippen molar-refractivity contribution in [2.75, 3.05) is 21.3 Å². The maximum absolute atomic E-state index is 13.7. The van der Waals surface area contributed by atoms with Crippen LogP contribution in [0.15, 0.2) is 110 Å². The first-order valence-corrected chi connectivity index (χ1v) is 17.4. The molecule has 0 aromatic carbocycles. The molecule has 1 aliphatic carbocycles. The van der Waals surface area contributed by atoms with E-state index in [0.717, 1.165) is 27.8 Å². The summed E-state index contributed by atoms with van der Waals surface area (Å²) in [6.45, 7) is 15.9. The number of carbonyl (C=O) groups is 4. The number of ether oxygens (including phenoxy) is 3. The number of aliphatic carboxylic acids is 1. The summed E-state index contributed by atoms with van der Waals surface area (Å²) >= 11 is 0. The second-order valence-electron chi connectivity index (χ2n) is 13.6. The van der Waals surface area contributed by atoms with E-state index in [1.54, 1.807) is 24.3 Å². The summed E-state index contributed by atoms with van der Waals surface area (Å²) < 4.78 is 15.4. The fourth-order valence-corrected chi connectivity index (χ4v) is 7.49. The summed E-state index contributed by atoms with van der Waals surface area (Å²) in [6.07, 6.45) is 12.9. The second-order valence-corrected chi connectivity index (χ2v) is 13.6. The van der Waals surface area contributed by atoms with Crippen LogP contribution in [0.3, 0.4) is 0 Å². The summed E-state index contributed by atoms with van der Waals surface area (Å²) in [6, 6.07) is 0. The third-order valence-corrected chi connectivity index (χ3v) is 10.7. The van der Waals surface area contributed by atoms with Gasteiger partial charge in [0.1, 0.15) is 5.92 Å². The van der Waals surface area contributed by atoms with Crippen molar-refractivity contribution >= 4 is 41.7 Å². The van der Waals surface area contributed by atoms with E-state index in [1.165, 1.54) is 21.3 Å². The van der Waals surface area contributed by atoms with Crippen LogP contribution in [0, 0.1) is 18.3 Å². The van der Waals surface area contributed by atoms with Gasteiger partial charge in [-0.05, 0) is 104 Å². The summed E-state index contributed by atoms with van der Waals surface area (Å²) in [5.74, 6) is -3.74. The van der Waals surface area contributed by atoms with Crippen LogP contribution in [0.4, 0.5) is 0 Å². The van der Waals surface area contributed by atoms with Gasteiger partial charge in [0.25, 0.3) is 0 Å². The highest BCUT2D eigenvalue weighted by molar-refractivity contribution is 6.13. The summed E-state index contributed by atoms with van der Waals surface area (Å²) in [5, 5.41) is 13.1. The Balaban J connectivity index is 1.87. The van der Waals surface area contributed by atoms with E-state index >= 15 is 0 Å². The molecule has 4 aliphatic rings. The van der Waals surface area contributed by atoms with Crippen LogP contribution >= 0.6 is 0 Å². The molecule has 4 heterocycles. The number of carboxylic acids is 1. The van der Waals surface area contributed by atoms with Gasteiger partial charge in [-0.3, -0.25) is 14.4 Å². The molecule has 1 saturated heterocycles. The van der Waals surface area contributed by atoms with Crippen LogP contribution in [0.2, 0.25) is 0 Å². The molecule has 2 unspecified atom stereocenters. The lowest BCUT2D eigenvalue weighted by atomic mass is 9.64. The maximum Gasteiger partial charge on any atom is 0.334 e. The maximum atomic E-state index is 13.7. The summed E-state index contributed by atoms with van der Waals surface area (Å²) in [4.78, 5) is 59.4. The molecule has 0 saturated carbocycles. The molecule has 1 aromatic rings. The predicted octanol–water partition coefficient (Wildman–Crippen LogP) is 5.98. The minimum Gasteiger partial charge on any atom is -0.481 e. The Hall–Kier alpha value is -6.17. The largest absolute Gasteiger partial charge is 0.481 e. The van der Waals surface area contributed by atoms with Crippen LogP contribution in [0.1, 0.15) is 62.5 Å². The number of hydrogen-bond donors (Lipinski definition) is 4. The monoisotopic (exact) mass is 734 g/mol. The molecule has 0 spiro atoms. The standard InChI is InChI=1S/C42H46N4O8/c1-10-25-22(3)21(2)17-35-29-14-11-28(40(50)53-8)39(41(51)54-9)42(29,6)36(46-35)20-32-24(5)27(13-16-38(49)52-7)34(45-32)19-33-26(12-15-37(47)48)23(4)31(44-33)18-30(25)43/h10-11,14,17-20,39,44,46H,1-2,12-13,15-16,43H2,3-9H3,(H,47,48)/b25-22+,30-18-,34-19-,35-17-,36-20-. The average molecular weight is 735 g/mol. The van der Waals surface area contributed by atoms with E-state index < -0.39 is 35.2 Å². The molecule has 2 atom stereocenters. The Kier molecular flexibility index (Phi) is 11.2. The van der Waals surface area contributed by atoms with Gasteiger partial charge in [-0.2, -0.15) is 0 Å². The first-order chi connectivity index (χ1) is 25.6. The van der Waals surface area contributed by atoms with Gasteiger partial charge in [-0.15, -0.1) is 0 Å². The van der Waals surface area contributed by atoms with Gasteiger partial charge in [0.15, 0.2) is 0 Å². The molecule has 6 bridgehead atoms. The third-order valence-electron chi connectivity index (χ3n) is 10.7. The number of carboxylic acid groups (broad SMARTS) is 1. The normalized spacial score (nSPS) is 26.1. The van der Waals surface area contributed by atoms with Crippen LogP contribution in [-0.2, 0) is 39.8 Å². The van der Waals surface area contributed by atoms with Gasteiger partial charge >= 0.3 is 23.9 Å². The second kappa shape index (κ2) is 15.4. The van der Waals surface area contributed by atoms with Crippen LogP contribution in [0.25, 0.3) is 12.2 Å². The quantitative estimate of drug-likeness (QED) is 0.174. The number of esters is 3. The summed E-state index contributed by atoms with van der Waals surface area (Å²) in [5.41, 5.74) is 15.6. The number of rotatable bonds is 9. The zero-order valence-corrected chi connectivity index (χ0v) is 31.7. The topological polar surface area (TPSA) is 182 Å². The minimum atomic E-state index is -1.17. The molecule has 5 N–H and O–H groups in total. The first kappa shape index (κ1) is 39.0. The van der Waals surface area contributed by atoms with Gasteiger partial charge in [-0.1, -0.05) is 31.4 Å². The van der Waals surface area contributed by atoms with Crippen molar-refractivity contribution in [1.82, 2.24) is 10.3 Å². The Morgan fingerprint density at radius 2 is 1.69 bits per heavy atom. The lowest BCUT2D eigenvalue weighted by molar-refractivity contribution is -0.150. The smallest absolute Gasteiger partial charge is 0.334 e. The van der Waals surface area contributed by atoms with Crippen molar-refractivity contribution in [3.8, 4) is 0 Å². The lowest BCUT2D eigenvalue weighted by Crippen LogP contribution is -2.41. The van der Waals surface area contributed by atoms with Crippen molar-refractivity contribution in [2.45, 2.75) is 53.4 Å². The van der Waals surface area contributed by atoms with E-state index in [2.05, 4.69) is 23.5 Å². The van der Waals surface area contributed by atoms with Crippen LogP contribution in [0.5, 0.6) is 0 Å². The highest BCUT2D eigenvalue weighted by Gasteiger charge is 2.55. The molecule has 0 radical (unpaired) electrons. The Labute approximate surface area is 314 Å². The van der Waals surface area contributed by atoms with Gasteiger partial charge < -0.3 is 35.4 Å². The number of allylic oxidation sites excluding steroid dienone is 11. The van der Waals surface area contributed by atoms with Crippen LogP contribution in [-0.4, -0.2) is 61.0 Å². The first-order valence-electron chi connectivity index (χ1n) is 17.4. The van der Waals surface area contributed by atoms with E-state index in [1.807, 2.05) is 45.9 Å². The zero-order chi connectivity index (χ0) is 39.6. The third kappa shape index (κ3) is 6.99. The number of carbonyl (C=O) groups excluding carboxylic acids is 3. The Morgan fingerprint density at radius 1 is 0.963 bits per heavy atom. The fourth-order valence-electron chi connectivity index (χ4n) is 7.49. The number of nitrogens with one attached hydrogen (secondary N) is 2. The SMILES string of the molecule is C=CC1=C(/C)C(=C)/C=C2\N/C(=C\C3=NC(=C\c4[nH]c(c(C)c4CCC(=O)O)\C=C\1N)/C(CCC(=O)OC)=C3C)C1(C)C2=CC=C(C(=O)OC)C1C(=O)OC. The lowest BCUT2D eigenvalue weighted by Gasteiger charge is -2.36. The van der Waals surface area contributed by atoms with E-state index in [9.17, 15) is 24.3 Å². The van der Waals surface area contributed by atoms with E-state index in [4.69, 9.17) is 24.9 Å². The Bertz CT molecular complexity index is 2180. The van der Waals surface area contributed by atoms with Crippen molar-refractivity contribution in [1.29, 1.82) is 0 Å². The molecule has 54 heavy (non-hydrogen) atoms. The molecule has 0 amide bonds. The number of nitrogens with two attached hydrogens (primary N) is 1. The molecule has 12 nitrogen and oxygen atoms in total. The van der Waals surface area contributed by atoms with Crippen molar-refractivity contribution in [3.05, 3.63) is 128 Å². The summed E-state index contributed by atoms with van der Waals surface area (Å²) in [7, 11) is 3.86. The van der Waals surface area contributed by atoms with Gasteiger partial charge in [-0.25, -0.2) is 9.79 Å².